The average molecular weight is 394 g/mol. The van der Waals surface area contributed by atoms with Crippen molar-refractivity contribution in [2.75, 3.05) is 5.32 Å². The van der Waals surface area contributed by atoms with Crippen LogP contribution in [0.15, 0.2) is 61.1 Å². The maximum atomic E-state index is 13.3. The smallest absolute Gasteiger partial charge is 0.230 e. The van der Waals surface area contributed by atoms with Crippen LogP contribution in [0.4, 0.5) is 9.52 Å². The fourth-order valence-corrected chi connectivity index (χ4v) is 3.55. The van der Waals surface area contributed by atoms with E-state index in [1.165, 1.54) is 29.8 Å². The minimum absolute atomic E-state index is 0.151. The molecule has 0 atom stereocenters. The molecular weight excluding hydrogens is 379 g/mol. The Balaban J connectivity index is 1.34. The number of amides is 1. The lowest BCUT2D eigenvalue weighted by atomic mass is 10.1. The van der Waals surface area contributed by atoms with Gasteiger partial charge in [0.25, 0.3) is 0 Å². The van der Waals surface area contributed by atoms with Crippen LogP contribution in [0.2, 0.25) is 0 Å². The molecule has 2 aromatic carbocycles. The van der Waals surface area contributed by atoms with Gasteiger partial charge in [0.05, 0.1) is 12.1 Å². The Bertz CT molecular complexity index is 1080. The molecule has 0 radical (unpaired) electrons. The number of nitrogens with zero attached hydrogens (tertiary/aromatic N) is 5. The predicted molar refractivity (Wildman–Crippen MR) is 103 cm³/mol. The van der Waals surface area contributed by atoms with E-state index in [1.807, 2.05) is 30.3 Å². The number of hydrogen-bond acceptors (Lipinski definition) is 6. The molecule has 0 aliphatic heterocycles. The molecule has 0 aliphatic carbocycles. The zero-order valence-electron chi connectivity index (χ0n) is 14.6. The van der Waals surface area contributed by atoms with Crippen molar-refractivity contribution in [2.24, 2.45) is 0 Å². The van der Waals surface area contributed by atoms with E-state index in [0.717, 1.165) is 21.7 Å². The van der Waals surface area contributed by atoms with Crippen LogP contribution in [-0.2, 0) is 17.6 Å². The molecule has 1 N–H and O–H groups in total. The van der Waals surface area contributed by atoms with Crippen molar-refractivity contribution in [2.45, 2.75) is 12.8 Å². The Morgan fingerprint density at radius 1 is 1.14 bits per heavy atom. The van der Waals surface area contributed by atoms with Gasteiger partial charge in [-0.15, -0.1) is 16.4 Å². The second-order valence-corrected chi connectivity index (χ2v) is 7.20. The number of aromatic nitrogens is 5. The van der Waals surface area contributed by atoms with Crippen LogP contribution < -0.4 is 5.32 Å². The maximum absolute atomic E-state index is 13.3. The van der Waals surface area contributed by atoms with Crippen LogP contribution in [0, 0.1) is 5.82 Å². The highest BCUT2D eigenvalue weighted by molar-refractivity contribution is 7.15. The average Bonchev–Trinajstić information content (AvgIpc) is 3.35. The molecule has 28 heavy (non-hydrogen) atoms. The highest BCUT2D eigenvalue weighted by Gasteiger charge is 2.09. The van der Waals surface area contributed by atoms with Gasteiger partial charge in [0.1, 0.15) is 12.1 Å². The van der Waals surface area contributed by atoms with Crippen molar-refractivity contribution in [1.29, 1.82) is 0 Å². The normalized spacial score (nSPS) is 10.8. The van der Waals surface area contributed by atoms with Crippen molar-refractivity contribution in [3.8, 4) is 5.69 Å². The fourth-order valence-electron chi connectivity index (χ4n) is 2.69. The van der Waals surface area contributed by atoms with Crippen LogP contribution in [0.25, 0.3) is 5.69 Å². The van der Waals surface area contributed by atoms with Crippen LogP contribution in [0.5, 0.6) is 0 Å². The summed E-state index contributed by atoms with van der Waals surface area (Å²) in [5.41, 5.74) is 2.55. The molecule has 0 unspecified atom stereocenters. The number of hydrogen-bond donors (Lipinski definition) is 1. The molecule has 2 heterocycles. The number of carbonyl (C=O) groups is 1. The first-order chi connectivity index (χ1) is 13.7. The molecule has 2 aromatic heterocycles. The number of rotatable bonds is 6. The van der Waals surface area contributed by atoms with Crippen molar-refractivity contribution in [3.63, 3.8) is 0 Å². The summed E-state index contributed by atoms with van der Waals surface area (Å²) in [7, 11) is 0. The van der Waals surface area contributed by atoms with Crippen LogP contribution >= 0.6 is 11.3 Å². The molecule has 1 amide bonds. The van der Waals surface area contributed by atoms with E-state index in [9.17, 15) is 9.18 Å². The summed E-state index contributed by atoms with van der Waals surface area (Å²) in [4.78, 5) is 17.5. The van der Waals surface area contributed by atoms with Crippen LogP contribution in [-0.4, -0.2) is 31.1 Å². The Morgan fingerprint density at radius 2 is 2.00 bits per heavy atom. The quantitative estimate of drug-likeness (QED) is 0.543. The summed E-state index contributed by atoms with van der Waals surface area (Å²) in [5, 5.41) is 14.3. The number of anilines is 1. The second kappa shape index (κ2) is 8.05. The number of halogens is 1. The molecule has 0 fully saturated rings. The molecular formula is C19H15FN6OS. The third-order valence-corrected chi connectivity index (χ3v) is 4.89. The zero-order chi connectivity index (χ0) is 19.3. The number of tetrazole rings is 1. The van der Waals surface area contributed by atoms with E-state index in [-0.39, 0.29) is 18.1 Å². The van der Waals surface area contributed by atoms with Gasteiger partial charge in [-0.1, -0.05) is 24.3 Å². The molecule has 7 nitrogen and oxygen atoms in total. The number of benzene rings is 2. The van der Waals surface area contributed by atoms with Crippen molar-refractivity contribution < 1.29 is 9.18 Å². The number of carbonyl (C=O) groups excluding carboxylic acids is 1. The van der Waals surface area contributed by atoms with E-state index in [4.69, 9.17) is 0 Å². The third kappa shape index (κ3) is 4.44. The van der Waals surface area contributed by atoms with Crippen molar-refractivity contribution >= 4 is 22.4 Å². The van der Waals surface area contributed by atoms with Crippen LogP contribution in [0.1, 0.15) is 16.0 Å². The molecule has 0 aliphatic rings. The van der Waals surface area contributed by atoms with Crippen LogP contribution in [0.3, 0.4) is 0 Å². The highest BCUT2D eigenvalue weighted by Crippen LogP contribution is 2.22. The number of nitrogens with one attached hydrogen (secondary N) is 1. The Hall–Kier alpha value is -3.46. The molecule has 140 valence electrons. The van der Waals surface area contributed by atoms with Gasteiger partial charge in [0, 0.05) is 17.5 Å². The SMILES string of the molecule is O=C(Cc1ccc(-n2cnnn2)cc1)Nc1ncc(Cc2cccc(F)c2)s1. The Morgan fingerprint density at radius 3 is 2.75 bits per heavy atom. The summed E-state index contributed by atoms with van der Waals surface area (Å²) >= 11 is 1.38. The molecule has 0 saturated heterocycles. The van der Waals surface area contributed by atoms with Gasteiger partial charge < -0.3 is 5.32 Å². The first-order valence-corrected chi connectivity index (χ1v) is 9.29. The third-order valence-electron chi connectivity index (χ3n) is 3.98. The van der Waals surface area contributed by atoms with Gasteiger partial charge in [-0.25, -0.2) is 14.1 Å². The maximum Gasteiger partial charge on any atom is 0.230 e. The lowest BCUT2D eigenvalue weighted by Gasteiger charge is -2.04. The summed E-state index contributed by atoms with van der Waals surface area (Å²) in [6, 6.07) is 13.9. The van der Waals surface area contributed by atoms with Crippen molar-refractivity contribution in [1.82, 2.24) is 25.2 Å². The first kappa shape index (κ1) is 17.9. The van der Waals surface area contributed by atoms with E-state index >= 15 is 0 Å². The molecule has 0 bridgehead atoms. The minimum Gasteiger partial charge on any atom is -0.302 e. The van der Waals surface area contributed by atoms with E-state index in [2.05, 4.69) is 25.8 Å². The van der Waals surface area contributed by atoms with E-state index in [0.29, 0.717) is 11.6 Å². The lowest BCUT2D eigenvalue weighted by Crippen LogP contribution is -2.14. The lowest BCUT2D eigenvalue weighted by molar-refractivity contribution is -0.115. The minimum atomic E-state index is -0.262. The summed E-state index contributed by atoms with van der Waals surface area (Å²) in [5.74, 6) is -0.413. The molecule has 0 saturated carbocycles. The van der Waals surface area contributed by atoms with Gasteiger partial charge in [0.2, 0.25) is 5.91 Å². The topological polar surface area (TPSA) is 85.6 Å². The fraction of sp³-hybridized carbons (Fsp3) is 0.105. The summed E-state index contributed by atoms with van der Waals surface area (Å²) in [6.07, 6.45) is 4.01. The van der Waals surface area contributed by atoms with Gasteiger partial charge in [-0.2, -0.15) is 0 Å². The molecule has 4 rings (SSSR count). The van der Waals surface area contributed by atoms with E-state index in [1.54, 1.807) is 16.9 Å². The van der Waals surface area contributed by atoms with E-state index < -0.39 is 0 Å². The summed E-state index contributed by atoms with van der Waals surface area (Å²) in [6.45, 7) is 0. The molecule has 0 spiro atoms. The van der Waals surface area contributed by atoms with Gasteiger partial charge in [0.15, 0.2) is 5.13 Å². The van der Waals surface area contributed by atoms with Crippen molar-refractivity contribution in [3.05, 3.63) is 82.9 Å². The monoisotopic (exact) mass is 394 g/mol. The van der Waals surface area contributed by atoms with Gasteiger partial charge >= 0.3 is 0 Å². The summed E-state index contributed by atoms with van der Waals surface area (Å²) < 4.78 is 14.8. The standard InChI is InChI=1S/C19H15FN6OS/c20-15-3-1-2-14(8-15)9-17-11-21-19(28-17)23-18(27)10-13-4-6-16(7-5-13)26-12-22-24-25-26/h1-8,11-12H,9-10H2,(H,21,23,27). The second-order valence-electron chi connectivity index (χ2n) is 6.08. The van der Waals surface area contributed by atoms with Gasteiger partial charge in [-0.3, -0.25) is 4.79 Å². The van der Waals surface area contributed by atoms with Gasteiger partial charge in [-0.05, 0) is 45.8 Å². The highest BCUT2D eigenvalue weighted by atomic mass is 32.1. The number of thiazole rings is 1. The predicted octanol–water partition coefficient (Wildman–Crippen LogP) is 3.03. The Kier molecular flexibility index (Phi) is 5.16. The Labute approximate surface area is 163 Å². The largest absolute Gasteiger partial charge is 0.302 e. The first-order valence-electron chi connectivity index (χ1n) is 8.47. The molecule has 4 aromatic rings. The zero-order valence-corrected chi connectivity index (χ0v) is 15.4. The molecule has 9 heteroatoms.